The molecular formula is C30H31F4N5O12S2. The summed E-state index contributed by atoms with van der Waals surface area (Å²) in [7, 11) is 0. The van der Waals surface area contributed by atoms with E-state index in [-0.39, 0.29) is 41.2 Å². The second kappa shape index (κ2) is 17.9. The number of ether oxygens (including phenoxy) is 4. The summed E-state index contributed by atoms with van der Waals surface area (Å²) < 4.78 is 66.0. The number of nitrogen functional groups attached to an aromatic ring is 1. The number of β-lactam (4-membered cyclic amide) rings is 1. The molecule has 288 valence electrons. The number of oxime groups is 1. The summed E-state index contributed by atoms with van der Waals surface area (Å²) in [5.74, 6) is -6.15. The lowest BCUT2D eigenvalue weighted by Crippen LogP contribution is -2.71. The Kier molecular flexibility index (Phi) is 14.1. The van der Waals surface area contributed by atoms with E-state index in [4.69, 9.17) is 29.8 Å². The molecule has 0 bridgehead atoms. The predicted molar refractivity (Wildman–Crippen MR) is 175 cm³/mol. The number of hydrogen-bond donors (Lipinski definition) is 3. The number of hydrogen-bond acceptors (Lipinski definition) is 16. The first kappa shape index (κ1) is 42.0. The smallest absolute Gasteiger partial charge is 0.489 e. The fourth-order valence-corrected chi connectivity index (χ4v) is 5.84. The van der Waals surface area contributed by atoms with E-state index >= 15 is 0 Å². The Labute approximate surface area is 305 Å². The number of halogens is 4. The number of aromatic nitrogens is 1. The van der Waals surface area contributed by atoms with Gasteiger partial charge in [0.1, 0.15) is 41.0 Å². The molecule has 1 fully saturated rings. The summed E-state index contributed by atoms with van der Waals surface area (Å²) in [5, 5.41) is 14.0. The van der Waals surface area contributed by atoms with Gasteiger partial charge in [-0.1, -0.05) is 11.2 Å². The molecule has 2 aliphatic rings. The second-order valence-corrected chi connectivity index (χ2v) is 13.4. The van der Waals surface area contributed by atoms with Crippen molar-refractivity contribution in [2.45, 2.75) is 45.3 Å². The summed E-state index contributed by atoms with van der Waals surface area (Å²) in [4.78, 5) is 82.5. The molecule has 3 heterocycles. The number of aliphatic carboxylic acids is 1. The van der Waals surface area contributed by atoms with Gasteiger partial charge in [-0.3, -0.25) is 24.1 Å². The lowest BCUT2D eigenvalue weighted by atomic mass is 9.98. The molecule has 2 aromatic rings. The summed E-state index contributed by atoms with van der Waals surface area (Å²) in [6.45, 7) is 5.50. The number of rotatable bonds is 11. The first-order valence-corrected chi connectivity index (χ1v) is 16.8. The van der Waals surface area contributed by atoms with E-state index in [9.17, 15) is 41.5 Å². The van der Waals surface area contributed by atoms with E-state index in [2.05, 4.69) is 25.0 Å². The van der Waals surface area contributed by atoms with Crippen molar-refractivity contribution < 1.29 is 75.2 Å². The average molecular weight is 794 g/mol. The number of esters is 2. The van der Waals surface area contributed by atoms with E-state index in [1.165, 1.54) is 35.3 Å². The maximum Gasteiger partial charge on any atom is 0.535 e. The highest BCUT2D eigenvalue weighted by molar-refractivity contribution is 8.00. The van der Waals surface area contributed by atoms with E-state index in [1.807, 2.05) is 0 Å². The summed E-state index contributed by atoms with van der Waals surface area (Å²) in [6, 6.07) is 4.22. The minimum absolute atomic E-state index is 0.00256. The molecule has 1 saturated heterocycles. The van der Waals surface area contributed by atoms with E-state index in [1.54, 1.807) is 27.7 Å². The Morgan fingerprint density at radius 2 is 1.81 bits per heavy atom. The first-order chi connectivity index (χ1) is 24.7. The highest BCUT2D eigenvalue weighted by Gasteiger charge is 2.55. The van der Waals surface area contributed by atoms with Crippen LogP contribution in [0.15, 0.2) is 46.1 Å². The van der Waals surface area contributed by atoms with Crippen LogP contribution in [0.1, 0.15) is 33.4 Å². The zero-order valence-corrected chi connectivity index (χ0v) is 29.7. The van der Waals surface area contributed by atoms with Crippen LogP contribution in [-0.4, -0.2) is 99.9 Å². The van der Waals surface area contributed by atoms with Crippen LogP contribution in [0.5, 0.6) is 5.75 Å². The van der Waals surface area contributed by atoms with Crippen LogP contribution >= 0.6 is 23.1 Å². The zero-order valence-electron chi connectivity index (χ0n) is 28.1. The quantitative estimate of drug-likeness (QED) is 0.0564. The number of carboxylic acid groups (broad SMARTS) is 1. The van der Waals surface area contributed by atoms with Crippen molar-refractivity contribution in [2.24, 2.45) is 10.6 Å². The number of anilines is 1. The summed E-state index contributed by atoms with van der Waals surface area (Å²) in [5.41, 5.74) is 4.52. The Balaban J connectivity index is 0.000000980. The van der Waals surface area contributed by atoms with Crippen molar-refractivity contribution in [3.8, 4) is 5.75 Å². The standard InChI is InChI=1S/C28H30FN5O10S2.C2HF3O2/c1-5-40-27(39)44-33-18(17-12-46-26(30)31-17)21(35)32-19-22(36)34-20(24(37)42-13-43-25(38)28(2,3)4)14(11-45-23(19)34)10-41-16-8-6-7-15(29)9-16;3-2(4,5)1(6)7/h6-9,12,19,23H,5,10-11,13H2,1-4H3,(H2,30,31)(H,32,35);(H,6,7)/t19?,23-;/m0./s1. The van der Waals surface area contributed by atoms with Crippen molar-refractivity contribution in [3.05, 3.63) is 52.4 Å². The SMILES string of the molecule is CCOC(=O)ON=C(C(=O)NC1C(=O)N2C(C(=O)OCOC(=O)C(C)(C)C)=C(COc3cccc(F)c3)CS[C@@H]12)c1csc(N)n1.O=C(O)C(F)(F)F. The molecule has 0 spiro atoms. The van der Waals surface area contributed by atoms with Crippen LogP contribution in [0.3, 0.4) is 0 Å². The number of carbonyl (C=O) groups is 6. The number of thioether (sulfide) groups is 1. The zero-order chi connectivity index (χ0) is 39.7. The van der Waals surface area contributed by atoms with Gasteiger partial charge in [0.15, 0.2) is 10.8 Å². The van der Waals surface area contributed by atoms with Gasteiger partial charge < -0.3 is 35.1 Å². The maximum atomic E-state index is 13.7. The number of thiazole rings is 1. The van der Waals surface area contributed by atoms with Crippen molar-refractivity contribution in [1.29, 1.82) is 0 Å². The number of alkyl halides is 3. The summed E-state index contributed by atoms with van der Waals surface area (Å²) >= 11 is 2.21. The van der Waals surface area contributed by atoms with E-state index in [0.717, 1.165) is 22.3 Å². The molecule has 1 aromatic heterocycles. The molecule has 4 rings (SSSR count). The van der Waals surface area contributed by atoms with Gasteiger partial charge in [-0.15, -0.1) is 23.1 Å². The minimum Gasteiger partial charge on any atom is -0.489 e. The molecule has 0 aliphatic carbocycles. The largest absolute Gasteiger partial charge is 0.535 e. The molecule has 53 heavy (non-hydrogen) atoms. The highest BCUT2D eigenvalue weighted by Crippen LogP contribution is 2.41. The fraction of sp³-hybridized carbons (Fsp3) is 0.400. The Hall–Kier alpha value is -5.45. The number of fused-ring (bicyclic) bond motifs is 1. The number of nitrogens with zero attached hydrogens (tertiary/aromatic N) is 3. The maximum absolute atomic E-state index is 13.7. The normalized spacial score (nSPS) is 16.9. The van der Waals surface area contributed by atoms with Gasteiger partial charge in [-0.25, -0.2) is 23.8 Å². The van der Waals surface area contributed by atoms with Crippen LogP contribution in [0.2, 0.25) is 0 Å². The third-order valence-electron chi connectivity index (χ3n) is 6.42. The Bertz CT molecular complexity index is 1790. The Morgan fingerprint density at radius 1 is 1.13 bits per heavy atom. The molecule has 2 atom stereocenters. The van der Waals surface area contributed by atoms with E-state index in [0.29, 0.717) is 5.57 Å². The van der Waals surface area contributed by atoms with Crippen molar-refractivity contribution in [2.75, 3.05) is 31.5 Å². The fourth-order valence-electron chi connectivity index (χ4n) is 3.97. The van der Waals surface area contributed by atoms with Crippen molar-refractivity contribution in [3.63, 3.8) is 0 Å². The van der Waals surface area contributed by atoms with Crippen LogP contribution in [0, 0.1) is 11.2 Å². The van der Waals surface area contributed by atoms with Crippen LogP contribution in [0.4, 0.5) is 27.5 Å². The molecule has 0 saturated carbocycles. The van der Waals surface area contributed by atoms with Gasteiger partial charge in [0.2, 0.25) is 6.79 Å². The monoisotopic (exact) mass is 793 g/mol. The first-order valence-electron chi connectivity index (χ1n) is 14.9. The molecule has 2 amide bonds. The van der Waals surface area contributed by atoms with Crippen LogP contribution < -0.4 is 15.8 Å². The molecule has 2 aliphatic heterocycles. The number of benzene rings is 1. The van der Waals surface area contributed by atoms with Gasteiger partial charge >= 0.3 is 30.2 Å². The van der Waals surface area contributed by atoms with Crippen LogP contribution in [-0.2, 0) is 43.0 Å². The summed E-state index contributed by atoms with van der Waals surface area (Å²) in [6.07, 6.45) is -6.25. The molecular weight excluding hydrogens is 762 g/mol. The lowest BCUT2D eigenvalue weighted by molar-refractivity contribution is -0.192. The highest BCUT2D eigenvalue weighted by atomic mass is 32.2. The molecule has 1 aromatic carbocycles. The topological polar surface area (TPSA) is 235 Å². The third kappa shape index (κ3) is 11.5. The Morgan fingerprint density at radius 3 is 2.38 bits per heavy atom. The molecule has 4 N–H and O–H groups in total. The number of carboxylic acids is 1. The molecule has 17 nitrogen and oxygen atoms in total. The molecule has 1 unspecified atom stereocenters. The van der Waals surface area contributed by atoms with Crippen molar-refractivity contribution >= 4 is 69.8 Å². The van der Waals surface area contributed by atoms with E-state index < -0.39 is 77.2 Å². The van der Waals surface area contributed by atoms with Gasteiger partial charge in [-0.2, -0.15) is 13.2 Å². The van der Waals surface area contributed by atoms with Crippen molar-refractivity contribution in [1.82, 2.24) is 15.2 Å². The molecule has 0 radical (unpaired) electrons. The van der Waals surface area contributed by atoms with Crippen LogP contribution in [0.25, 0.3) is 0 Å². The van der Waals surface area contributed by atoms with Gasteiger partial charge in [0.25, 0.3) is 11.8 Å². The molecule has 23 heteroatoms. The number of nitrogens with one attached hydrogen (secondary N) is 1. The second-order valence-electron chi connectivity index (χ2n) is 11.4. The van der Waals surface area contributed by atoms with Gasteiger partial charge in [0.05, 0.1) is 12.0 Å². The number of nitrogens with two attached hydrogens (primary N) is 1. The number of carbonyl (C=O) groups excluding carboxylic acids is 5. The average Bonchev–Trinajstić information content (AvgIpc) is 3.50. The third-order valence-corrected chi connectivity index (χ3v) is 8.44. The lowest BCUT2D eigenvalue weighted by Gasteiger charge is -2.49. The predicted octanol–water partition coefficient (Wildman–Crippen LogP) is 3.20. The van der Waals surface area contributed by atoms with Gasteiger partial charge in [0, 0.05) is 22.8 Å². The number of amides is 2. The van der Waals surface area contributed by atoms with Gasteiger partial charge in [-0.05, 0) is 39.8 Å². The minimum atomic E-state index is -5.08.